The summed E-state index contributed by atoms with van der Waals surface area (Å²) in [4.78, 5) is 11.1. The minimum atomic E-state index is 0.0534. The number of carbonyl (C=O) groups excluding carboxylic acids is 1. The maximum atomic E-state index is 11.1. The Kier molecular flexibility index (Phi) is 10.2. The molecule has 1 atom stereocenters. The Morgan fingerprint density at radius 2 is 2.00 bits per heavy atom. The zero-order chi connectivity index (χ0) is 13.8. The van der Waals surface area contributed by atoms with Crippen molar-refractivity contribution in [1.29, 1.82) is 0 Å². The molecule has 0 aliphatic heterocycles. The van der Waals surface area contributed by atoms with E-state index in [1.165, 1.54) is 5.56 Å². The number of hydrogen-bond acceptors (Lipinski definition) is 3. The molecule has 3 heteroatoms. The third-order valence-corrected chi connectivity index (χ3v) is 2.85. The number of carbonyl (C=O) groups is 1. The van der Waals surface area contributed by atoms with E-state index < -0.39 is 0 Å². The van der Waals surface area contributed by atoms with Crippen molar-refractivity contribution in [1.82, 2.24) is 0 Å². The van der Waals surface area contributed by atoms with Crippen LogP contribution in [-0.2, 0) is 4.79 Å². The standard InChI is InChI=1S/C14H21NO.CH4O/c1-12-6-5-8-13(10-12)14(11-16)7-3-2-4-9-15;1-2/h5-6,8,10-11,14H,2-4,7,9,15H2,1H3;2H,1H3. The topological polar surface area (TPSA) is 63.3 Å². The van der Waals surface area contributed by atoms with E-state index in [1.54, 1.807) is 0 Å². The molecule has 0 saturated heterocycles. The number of benzene rings is 1. The lowest BCUT2D eigenvalue weighted by Gasteiger charge is -2.11. The quantitative estimate of drug-likeness (QED) is 0.578. The monoisotopic (exact) mass is 251 g/mol. The molecule has 3 nitrogen and oxygen atoms in total. The van der Waals surface area contributed by atoms with E-state index in [0.29, 0.717) is 0 Å². The van der Waals surface area contributed by atoms with E-state index >= 15 is 0 Å². The molecule has 0 saturated carbocycles. The second-order valence-corrected chi connectivity index (χ2v) is 4.29. The van der Waals surface area contributed by atoms with Crippen LogP contribution in [0.2, 0.25) is 0 Å². The SMILES string of the molecule is CO.Cc1cccc(C(C=O)CCCCCN)c1. The van der Waals surface area contributed by atoms with E-state index in [9.17, 15) is 4.79 Å². The third kappa shape index (κ3) is 6.52. The largest absolute Gasteiger partial charge is 0.400 e. The zero-order valence-corrected chi connectivity index (χ0v) is 11.4. The highest BCUT2D eigenvalue weighted by Crippen LogP contribution is 2.21. The van der Waals surface area contributed by atoms with Gasteiger partial charge in [0.2, 0.25) is 0 Å². The molecule has 102 valence electrons. The fourth-order valence-corrected chi connectivity index (χ4v) is 1.90. The molecule has 1 rings (SSSR count). The number of unbranched alkanes of at least 4 members (excludes halogenated alkanes) is 2. The molecular weight excluding hydrogens is 226 g/mol. The van der Waals surface area contributed by atoms with Gasteiger partial charge in [-0.15, -0.1) is 0 Å². The molecular formula is C15H25NO2. The summed E-state index contributed by atoms with van der Waals surface area (Å²) in [5, 5.41) is 7.00. The number of aldehydes is 1. The summed E-state index contributed by atoms with van der Waals surface area (Å²) < 4.78 is 0. The smallest absolute Gasteiger partial charge is 0.127 e. The Labute approximate surface area is 110 Å². The van der Waals surface area contributed by atoms with E-state index in [2.05, 4.69) is 19.1 Å². The van der Waals surface area contributed by atoms with Crippen molar-refractivity contribution in [2.75, 3.05) is 13.7 Å². The summed E-state index contributed by atoms with van der Waals surface area (Å²) in [5.74, 6) is 0.0534. The maximum Gasteiger partial charge on any atom is 0.127 e. The van der Waals surface area contributed by atoms with E-state index in [-0.39, 0.29) is 5.92 Å². The normalized spacial score (nSPS) is 11.3. The molecule has 0 radical (unpaired) electrons. The van der Waals surface area contributed by atoms with Gasteiger partial charge in [-0.1, -0.05) is 42.7 Å². The molecule has 0 aliphatic carbocycles. The Bertz CT molecular complexity index is 326. The number of aliphatic hydroxyl groups excluding tert-OH is 1. The van der Waals surface area contributed by atoms with Gasteiger partial charge in [-0.3, -0.25) is 0 Å². The predicted molar refractivity (Wildman–Crippen MR) is 75.6 cm³/mol. The molecule has 18 heavy (non-hydrogen) atoms. The lowest BCUT2D eigenvalue weighted by atomic mass is 9.93. The highest BCUT2D eigenvalue weighted by Gasteiger charge is 2.09. The summed E-state index contributed by atoms with van der Waals surface area (Å²) >= 11 is 0. The van der Waals surface area contributed by atoms with Gasteiger partial charge >= 0.3 is 0 Å². The Hall–Kier alpha value is -1.19. The second-order valence-electron chi connectivity index (χ2n) is 4.29. The number of aliphatic hydroxyl groups is 1. The third-order valence-electron chi connectivity index (χ3n) is 2.85. The van der Waals surface area contributed by atoms with Crippen LogP contribution in [0.25, 0.3) is 0 Å². The fourth-order valence-electron chi connectivity index (χ4n) is 1.90. The van der Waals surface area contributed by atoms with Crippen LogP contribution in [0.3, 0.4) is 0 Å². The highest BCUT2D eigenvalue weighted by atomic mass is 16.2. The van der Waals surface area contributed by atoms with Crippen LogP contribution in [0.4, 0.5) is 0 Å². The summed E-state index contributed by atoms with van der Waals surface area (Å²) in [6.45, 7) is 2.80. The van der Waals surface area contributed by atoms with E-state index in [4.69, 9.17) is 10.8 Å². The lowest BCUT2D eigenvalue weighted by molar-refractivity contribution is -0.109. The molecule has 1 aromatic rings. The van der Waals surface area contributed by atoms with Gasteiger partial charge in [0.05, 0.1) is 0 Å². The summed E-state index contributed by atoms with van der Waals surface area (Å²) in [6.07, 6.45) is 5.25. The molecule has 0 amide bonds. The number of nitrogens with two attached hydrogens (primary N) is 1. The van der Waals surface area contributed by atoms with Crippen LogP contribution < -0.4 is 5.73 Å². The summed E-state index contributed by atoms with van der Waals surface area (Å²) in [6, 6.07) is 8.21. The van der Waals surface area contributed by atoms with Gasteiger partial charge in [0.15, 0.2) is 0 Å². The van der Waals surface area contributed by atoms with Crippen molar-refractivity contribution in [2.45, 2.75) is 38.5 Å². The lowest BCUT2D eigenvalue weighted by Crippen LogP contribution is -2.02. The fraction of sp³-hybridized carbons (Fsp3) is 0.533. The second kappa shape index (κ2) is 10.9. The van der Waals surface area contributed by atoms with Crippen molar-refractivity contribution in [3.05, 3.63) is 35.4 Å². The Balaban J connectivity index is 0.00000137. The van der Waals surface area contributed by atoms with Crippen molar-refractivity contribution < 1.29 is 9.90 Å². The molecule has 1 unspecified atom stereocenters. The first-order valence-corrected chi connectivity index (χ1v) is 6.44. The summed E-state index contributed by atoms with van der Waals surface area (Å²) in [5.41, 5.74) is 7.79. The summed E-state index contributed by atoms with van der Waals surface area (Å²) in [7, 11) is 1.00. The van der Waals surface area contributed by atoms with E-state index in [1.807, 2.05) is 12.1 Å². The maximum absolute atomic E-state index is 11.1. The first kappa shape index (κ1) is 16.8. The number of aryl methyl sites for hydroxylation is 1. The Morgan fingerprint density at radius 3 is 2.56 bits per heavy atom. The Morgan fingerprint density at radius 1 is 1.28 bits per heavy atom. The first-order chi connectivity index (χ1) is 8.77. The van der Waals surface area contributed by atoms with Crippen LogP contribution in [0.15, 0.2) is 24.3 Å². The van der Waals surface area contributed by atoms with E-state index in [0.717, 1.165) is 51.2 Å². The van der Waals surface area contributed by atoms with Gasteiger partial charge in [0.1, 0.15) is 6.29 Å². The minimum absolute atomic E-state index is 0.0534. The molecule has 1 aromatic carbocycles. The van der Waals surface area contributed by atoms with Gasteiger partial charge in [0, 0.05) is 13.0 Å². The van der Waals surface area contributed by atoms with Gasteiger partial charge in [-0.25, -0.2) is 0 Å². The molecule has 3 N–H and O–H groups in total. The van der Waals surface area contributed by atoms with Crippen LogP contribution >= 0.6 is 0 Å². The van der Waals surface area contributed by atoms with Gasteiger partial charge in [-0.05, 0) is 31.9 Å². The predicted octanol–water partition coefficient (Wildman–Crippen LogP) is 2.41. The van der Waals surface area contributed by atoms with Crippen LogP contribution in [-0.4, -0.2) is 25.0 Å². The zero-order valence-electron chi connectivity index (χ0n) is 11.4. The molecule has 0 aliphatic rings. The van der Waals surface area contributed by atoms with Crippen LogP contribution in [0.1, 0.15) is 42.7 Å². The number of hydrogen-bond donors (Lipinski definition) is 2. The minimum Gasteiger partial charge on any atom is -0.400 e. The van der Waals surface area contributed by atoms with Crippen LogP contribution in [0, 0.1) is 6.92 Å². The van der Waals surface area contributed by atoms with Gasteiger partial charge < -0.3 is 15.6 Å². The average molecular weight is 251 g/mol. The van der Waals surface area contributed by atoms with Crippen molar-refractivity contribution in [3.63, 3.8) is 0 Å². The molecule has 0 spiro atoms. The van der Waals surface area contributed by atoms with Gasteiger partial charge in [-0.2, -0.15) is 0 Å². The van der Waals surface area contributed by atoms with Crippen LogP contribution in [0.5, 0.6) is 0 Å². The number of rotatable bonds is 7. The van der Waals surface area contributed by atoms with Crippen molar-refractivity contribution in [3.8, 4) is 0 Å². The van der Waals surface area contributed by atoms with Crippen molar-refractivity contribution in [2.24, 2.45) is 5.73 Å². The molecule has 0 fully saturated rings. The molecule has 0 bridgehead atoms. The molecule has 0 heterocycles. The highest BCUT2D eigenvalue weighted by molar-refractivity contribution is 5.62. The van der Waals surface area contributed by atoms with Crippen molar-refractivity contribution >= 4 is 6.29 Å². The first-order valence-electron chi connectivity index (χ1n) is 6.44. The average Bonchev–Trinajstić information content (AvgIpc) is 2.41. The van der Waals surface area contributed by atoms with Gasteiger partial charge in [0.25, 0.3) is 0 Å². The molecule has 0 aromatic heterocycles.